The minimum absolute atomic E-state index is 0.0271. The SMILES string of the molecule is Cc1ccc(C(NC(=S)Nc2ccc(C(=O)N(C)C)cc2)c2ccccc2)cc1. The summed E-state index contributed by atoms with van der Waals surface area (Å²) in [6.07, 6.45) is 0. The van der Waals surface area contributed by atoms with Gasteiger partial charge in [-0.1, -0.05) is 60.2 Å². The lowest BCUT2D eigenvalue weighted by atomic mass is 9.98. The predicted molar refractivity (Wildman–Crippen MR) is 123 cm³/mol. The van der Waals surface area contributed by atoms with E-state index in [2.05, 4.69) is 54.0 Å². The van der Waals surface area contributed by atoms with Crippen LogP contribution in [0.5, 0.6) is 0 Å². The summed E-state index contributed by atoms with van der Waals surface area (Å²) in [5.41, 5.74) is 4.95. The summed E-state index contributed by atoms with van der Waals surface area (Å²) in [4.78, 5) is 13.6. The molecular formula is C24H25N3OS. The van der Waals surface area contributed by atoms with Crippen LogP contribution < -0.4 is 10.6 Å². The van der Waals surface area contributed by atoms with Gasteiger partial charge in [0.05, 0.1) is 6.04 Å². The summed E-state index contributed by atoms with van der Waals surface area (Å²) >= 11 is 5.57. The zero-order valence-electron chi connectivity index (χ0n) is 16.8. The third kappa shape index (κ3) is 5.42. The highest BCUT2D eigenvalue weighted by atomic mass is 32.1. The number of nitrogens with zero attached hydrogens (tertiary/aromatic N) is 1. The molecule has 0 saturated carbocycles. The zero-order valence-corrected chi connectivity index (χ0v) is 17.7. The van der Waals surface area contributed by atoms with Crippen LogP contribution in [0.2, 0.25) is 0 Å². The topological polar surface area (TPSA) is 44.4 Å². The van der Waals surface area contributed by atoms with Crippen LogP contribution in [-0.4, -0.2) is 30.0 Å². The molecule has 1 unspecified atom stereocenters. The Hall–Kier alpha value is -3.18. The van der Waals surface area contributed by atoms with Crippen molar-refractivity contribution >= 4 is 28.9 Å². The van der Waals surface area contributed by atoms with Crippen molar-refractivity contribution in [3.05, 3.63) is 101 Å². The molecule has 3 aromatic rings. The number of amides is 1. The van der Waals surface area contributed by atoms with Crippen LogP contribution in [0.15, 0.2) is 78.9 Å². The Balaban J connectivity index is 1.75. The van der Waals surface area contributed by atoms with Crippen LogP contribution in [0.1, 0.15) is 33.1 Å². The van der Waals surface area contributed by atoms with E-state index in [0.29, 0.717) is 10.7 Å². The zero-order chi connectivity index (χ0) is 20.8. The fourth-order valence-electron chi connectivity index (χ4n) is 3.02. The molecule has 0 aliphatic rings. The van der Waals surface area contributed by atoms with E-state index >= 15 is 0 Å². The Morgan fingerprint density at radius 1 is 0.862 bits per heavy atom. The summed E-state index contributed by atoms with van der Waals surface area (Å²) in [5.74, 6) is -0.0271. The van der Waals surface area contributed by atoms with Gasteiger partial charge in [-0.25, -0.2) is 0 Å². The lowest BCUT2D eigenvalue weighted by molar-refractivity contribution is 0.0827. The number of thiocarbonyl (C=S) groups is 1. The molecule has 2 N–H and O–H groups in total. The van der Waals surface area contributed by atoms with Crippen molar-refractivity contribution in [1.82, 2.24) is 10.2 Å². The van der Waals surface area contributed by atoms with Crippen LogP contribution in [0.25, 0.3) is 0 Å². The van der Waals surface area contributed by atoms with E-state index < -0.39 is 0 Å². The molecule has 29 heavy (non-hydrogen) atoms. The first kappa shape index (κ1) is 20.6. The summed E-state index contributed by atoms with van der Waals surface area (Å²) < 4.78 is 0. The van der Waals surface area contributed by atoms with Crippen LogP contribution in [-0.2, 0) is 0 Å². The van der Waals surface area contributed by atoms with Crippen molar-refractivity contribution < 1.29 is 4.79 Å². The highest BCUT2D eigenvalue weighted by Gasteiger charge is 2.15. The van der Waals surface area contributed by atoms with Crippen molar-refractivity contribution in [3.63, 3.8) is 0 Å². The van der Waals surface area contributed by atoms with E-state index in [4.69, 9.17) is 12.2 Å². The van der Waals surface area contributed by atoms with E-state index in [1.807, 2.05) is 30.3 Å². The second kappa shape index (κ2) is 9.34. The Morgan fingerprint density at radius 3 is 2.03 bits per heavy atom. The van der Waals surface area contributed by atoms with Crippen LogP contribution >= 0.6 is 12.2 Å². The maximum Gasteiger partial charge on any atom is 0.253 e. The van der Waals surface area contributed by atoms with Gasteiger partial charge in [-0.3, -0.25) is 4.79 Å². The molecule has 0 bridgehead atoms. The maximum atomic E-state index is 12.0. The fraction of sp³-hybridized carbons (Fsp3) is 0.167. The number of aryl methyl sites for hydroxylation is 1. The molecule has 0 radical (unpaired) electrons. The number of nitrogens with one attached hydrogen (secondary N) is 2. The smallest absolute Gasteiger partial charge is 0.253 e. The van der Waals surface area contributed by atoms with E-state index in [-0.39, 0.29) is 11.9 Å². The average molecular weight is 404 g/mol. The van der Waals surface area contributed by atoms with Crippen molar-refractivity contribution in [1.29, 1.82) is 0 Å². The predicted octanol–water partition coefficient (Wildman–Crippen LogP) is 4.77. The second-order valence-electron chi connectivity index (χ2n) is 7.13. The number of carbonyl (C=O) groups excluding carboxylic acids is 1. The molecule has 1 amide bonds. The monoisotopic (exact) mass is 403 g/mol. The minimum atomic E-state index is -0.0635. The first-order chi connectivity index (χ1) is 13.9. The van der Waals surface area contributed by atoms with Gasteiger partial charge in [0, 0.05) is 25.3 Å². The molecule has 1 atom stereocenters. The molecule has 0 aliphatic heterocycles. The number of hydrogen-bond acceptors (Lipinski definition) is 2. The van der Waals surface area contributed by atoms with Crippen LogP contribution in [0.3, 0.4) is 0 Å². The molecule has 148 valence electrons. The second-order valence-corrected chi connectivity index (χ2v) is 7.54. The molecule has 0 saturated heterocycles. The number of benzene rings is 3. The van der Waals surface area contributed by atoms with Gasteiger partial charge in [-0.05, 0) is 54.5 Å². The maximum absolute atomic E-state index is 12.0. The van der Waals surface area contributed by atoms with Gasteiger partial charge < -0.3 is 15.5 Å². The van der Waals surface area contributed by atoms with E-state index in [0.717, 1.165) is 16.8 Å². The van der Waals surface area contributed by atoms with Crippen molar-refractivity contribution in [2.45, 2.75) is 13.0 Å². The highest BCUT2D eigenvalue weighted by molar-refractivity contribution is 7.80. The Bertz CT molecular complexity index is 967. The number of anilines is 1. The molecule has 3 aromatic carbocycles. The van der Waals surface area contributed by atoms with Crippen molar-refractivity contribution in [2.75, 3.05) is 19.4 Å². The van der Waals surface area contributed by atoms with Crippen LogP contribution in [0.4, 0.5) is 5.69 Å². The Labute approximate surface area is 177 Å². The van der Waals surface area contributed by atoms with Gasteiger partial charge >= 0.3 is 0 Å². The van der Waals surface area contributed by atoms with Gasteiger partial charge in [-0.15, -0.1) is 0 Å². The molecule has 5 heteroatoms. The van der Waals surface area contributed by atoms with E-state index in [1.165, 1.54) is 5.56 Å². The van der Waals surface area contributed by atoms with E-state index in [1.54, 1.807) is 31.1 Å². The van der Waals surface area contributed by atoms with Crippen molar-refractivity contribution in [2.24, 2.45) is 0 Å². The minimum Gasteiger partial charge on any atom is -0.352 e. The van der Waals surface area contributed by atoms with E-state index in [9.17, 15) is 4.79 Å². The number of rotatable bonds is 5. The van der Waals surface area contributed by atoms with Gasteiger partial charge in [0.2, 0.25) is 0 Å². The molecule has 0 spiro atoms. The molecule has 0 aliphatic carbocycles. The Morgan fingerprint density at radius 2 is 1.45 bits per heavy atom. The van der Waals surface area contributed by atoms with Gasteiger partial charge in [-0.2, -0.15) is 0 Å². The molecule has 0 aromatic heterocycles. The third-order valence-electron chi connectivity index (χ3n) is 4.61. The summed E-state index contributed by atoms with van der Waals surface area (Å²) in [5, 5.41) is 7.15. The largest absolute Gasteiger partial charge is 0.352 e. The standard InChI is InChI=1S/C24H25N3OS/c1-17-9-11-19(12-10-17)22(18-7-5-4-6-8-18)26-24(29)25-21-15-13-20(14-16-21)23(28)27(2)3/h4-16,22H,1-3H3,(H2,25,26,29). The molecule has 3 rings (SSSR count). The Kier molecular flexibility index (Phi) is 6.62. The van der Waals surface area contributed by atoms with Gasteiger partial charge in [0.15, 0.2) is 5.11 Å². The molecular weight excluding hydrogens is 378 g/mol. The van der Waals surface area contributed by atoms with Gasteiger partial charge in [0.1, 0.15) is 0 Å². The summed E-state index contributed by atoms with van der Waals surface area (Å²) in [6.45, 7) is 2.08. The van der Waals surface area contributed by atoms with Crippen molar-refractivity contribution in [3.8, 4) is 0 Å². The first-order valence-electron chi connectivity index (χ1n) is 9.45. The lowest BCUT2D eigenvalue weighted by Crippen LogP contribution is -2.33. The fourth-order valence-corrected chi connectivity index (χ4v) is 3.25. The van der Waals surface area contributed by atoms with Crippen LogP contribution in [0, 0.1) is 6.92 Å². The average Bonchev–Trinajstić information content (AvgIpc) is 2.73. The lowest BCUT2D eigenvalue weighted by Gasteiger charge is -2.22. The highest BCUT2D eigenvalue weighted by Crippen LogP contribution is 2.23. The number of carbonyl (C=O) groups is 1. The third-order valence-corrected chi connectivity index (χ3v) is 4.83. The van der Waals surface area contributed by atoms with Gasteiger partial charge in [0.25, 0.3) is 5.91 Å². The molecule has 0 fully saturated rings. The summed E-state index contributed by atoms with van der Waals surface area (Å²) in [6, 6.07) is 25.9. The summed E-state index contributed by atoms with van der Waals surface area (Å²) in [7, 11) is 3.48. The normalized spacial score (nSPS) is 11.4. The first-order valence-corrected chi connectivity index (χ1v) is 9.85. The molecule has 0 heterocycles. The quantitative estimate of drug-likeness (QED) is 0.602. The number of hydrogen-bond donors (Lipinski definition) is 2. The molecule has 4 nitrogen and oxygen atoms in total.